The summed E-state index contributed by atoms with van der Waals surface area (Å²) in [6, 6.07) is 10.7. The monoisotopic (exact) mass is 344 g/mol. The molecule has 0 unspecified atom stereocenters. The highest BCUT2D eigenvalue weighted by Crippen LogP contribution is 2.11. The standard InChI is InChI=1S/C17H16N2O4S/c1-23-15(20)11-19-14-7-3-2-6-13(14)16(21)18(17(19)22)9-8-12-5-4-10-24-12/h2-7,10H,8-9,11H2,1H3. The molecule has 3 rings (SSSR count). The zero-order chi connectivity index (χ0) is 17.1. The summed E-state index contributed by atoms with van der Waals surface area (Å²) in [7, 11) is 1.27. The fourth-order valence-electron chi connectivity index (χ4n) is 2.59. The Morgan fingerprint density at radius 1 is 1.12 bits per heavy atom. The van der Waals surface area contributed by atoms with E-state index in [9.17, 15) is 14.4 Å². The van der Waals surface area contributed by atoms with Gasteiger partial charge in [0.2, 0.25) is 0 Å². The second-order valence-corrected chi connectivity index (χ2v) is 6.28. The number of hydrogen-bond acceptors (Lipinski definition) is 5. The van der Waals surface area contributed by atoms with Crippen molar-refractivity contribution in [1.82, 2.24) is 9.13 Å². The number of rotatable bonds is 5. The first kappa shape index (κ1) is 16.2. The van der Waals surface area contributed by atoms with Gasteiger partial charge in [-0.3, -0.25) is 18.7 Å². The van der Waals surface area contributed by atoms with Gasteiger partial charge in [0.05, 0.1) is 18.0 Å². The highest BCUT2D eigenvalue weighted by molar-refractivity contribution is 7.09. The maximum atomic E-state index is 12.7. The van der Waals surface area contributed by atoms with Gasteiger partial charge < -0.3 is 4.74 Å². The van der Waals surface area contributed by atoms with Crippen LogP contribution in [-0.2, 0) is 29.0 Å². The minimum absolute atomic E-state index is 0.227. The first-order chi connectivity index (χ1) is 11.6. The molecular weight excluding hydrogens is 328 g/mol. The van der Waals surface area contributed by atoms with Crippen molar-refractivity contribution in [2.45, 2.75) is 19.5 Å². The van der Waals surface area contributed by atoms with Crippen LogP contribution in [0.25, 0.3) is 10.9 Å². The van der Waals surface area contributed by atoms with Crippen LogP contribution in [0.2, 0.25) is 0 Å². The molecule has 0 aliphatic carbocycles. The zero-order valence-electron chi connectivity index (χ0n) is 13.1. The predicted molar refractivity (Wildman–Crippen MR) is 92.5 cm³/mol. The third-order valence-corrected chi connectivity index (χ3v) is 4.75. The number of fused-ring (bicyclic) bond motifs is 1. The number of para-hydroxylation sites is 1. The van der Waals surface area contributed by atoms with Gasteiger partial charge in [0.25, 0.3) is 5.56 Å². The molecule has 7 heteroatoms. The summed E-state index contributed by atoms with van der Waals surface area (Å²) in [5, 5.41) is 2.36. The summed E-state index contributed by atoms with van der Waals surface area (Å²) in [5.74, 6) is -0.536. The summed E-state index contributed by atoms with van der Waals surface area (Å²) < 4.78 is 7.14. The number of carbonyl (C=O) groups is 1. The molecule has 0 radical (unpaired) electrons. The Labute approximate surface area is 141 Å². The molecule has 0 bridgehead atoms. The van der Waals surface area contributed by atoms with Gasteiger partial charge in [-0.2, -0.15) is 0 Å². The molecule has 0 aliphatic rings. The third kappa shape index (κ3) is 3.03. The summed E-state index contributed by atoms with van der Waals surface area (Å²) in [6.45, 7) is 0.0410. The molecule has 0 N–H and O–H groups in total. The number of carbonyl (C=O) groups excluding carboxylic acids is 1. The Kier molecular flexibility index (Phi) is 4.61. The Balaban J connectivity index is 2.12. The molecular formula is C17H16N2O4S. The van der Waals surface area contributed by atoms with Crippen molar-refractivity contribution in [3.8, 4) is 0 Å². The summed E-state index contributed by atoms with van der Waals surface area (Å²) in [6.07, 6.45) is 0.587. The molecule has 124 valence electrons. The average molecular weight is 344 g/mol. The molecule has 0 aliphatic heterocycles. The van der Waals surface area contributed by atoms with Gasteiger partial charge in [0.15, 0.2) is 0 Å². The number of benzene rings is 1. The quantitative estimate of drug-likeness (QED) is 0.660. The summed E-state index contributed by atoms with van der Waals surface area (Å²) in [4.78, 5) is 38.1. The lowest BCUT2D eigenvalue weighted by Crippen LogP contribution is -2.41. The van der Waals surface area contributed by atoms with Gasteiger partial charge in [0, 0.05) is 11.4 Å². The lowest BCUT2D eigenvalue weighted by atomic mass is 10.2. The van der Waals surface area contributed by atoms with Crippen LogP contribution in [0, 0.1) is 0 Å². The molecule has 0 spiro atoms. The first-order valence-corrected chi connectivity index (χ1v) is 8.31. The van der Waals surface area contributed by atoms with Gasteiger partial charge in [-0.15, -0.1) is 11.3 Å². The Morgan fingerprint density at radius 3 is 2.62 bits per heavy atom. The zero-order valence-corrected chi connectivity index (χ0v) is 13.9. The van der Waals surface area contributed by atoms with E-state index in [1.807, 2.05) is 17.5 Å². The number of nitrogens with zero attached hydrogens (tertiary/aromatic N) is 2. The maximum Gasteiger partial charge on any atom is 0.332 e. The molecule has 0 saturated carbocycles. The SMILES string of the molecule is COC(=O)Cn1c(=O)n(CCc2cccs2)c(=O)c2ccccc21. The lowest BCUT2D eigenvalue weighted by Gasteiger charge is -2.13. The van der Waals surface area contributed by atoms with E-state index in [0.717, 1.165) is 4.88 Å². The molecule has 2 aromatic heterocycles. The first-order valence-electron chi connectivity index (χ1n) is 7.43. The number of aryl methyl sites for hydroxylation is 1. The number of thiophene rings is 1. The van der Waals surface area contributed by atoms with E-state index in [2.05, 4.69) is 4.74 Å². The van der Waals surface area contributed by atoms with Crippen molar-refractivity contribution in [3.05, 3.63) is 67.5 Å². The molecule has 24 heavy (non-hydrogen) atoms. The average Bonchev–Trinajstić information content (AvgIpc) is 3.11. The van der Waals surface area contributed by atoms with E-state index in [1.54, 1.807) is 35.6 Å². The molecule has 0 fully saturated rings. The molecule has 6 nitrogen and oxygen atoms in total. The van der Waals surface area contributed by atoms with Crippen molar-refractivity contribution < 1.29 is 9.53 Å². The van der Waals surface area contributed by atoms with Crippen molar-refractivity contribution >= 4 is 28.2 Å². The highest BCUT2D eigenvalue weighted by Gasteiger charge is 2.15. The van der Waals surface area contributed by atoms with E-state index < -0.39 is 11.7 Å². The van der Waals surface area contributed by atoms with Crippen molar-refractivity contribution in [3.63, 3.8) is 0 Å². The molecule has 0 atom stereocenters. The van der Waals surface area contributed by atoms with Crippen LogP contribution in [0.5, 0.6) is 0 Å². The third-order valence-electron chi connectivity index (χ3n) is 3.81. The normalized spacial score (nSPS) is 10.9. The lowest BCUT2D eigenvalue weighted by molar-refractivity contribution is -0.141. The van der Waals surface area contributed by atoms with E-state index >= 15 is 0 Å². The molecule has 3 aromatic rings. The number of methoxy groups -OCH3 is 1. The second-order valence-electron chi connectivity index (χ2n) is 5.25. The maximum absolute atomic E-state index is 12.7. The largest absolute Gasteiger partial charge is 0.468 e. The fraction of sp³-hybridized carbons (Fsp3) is 0.235. The van der Waals surface area contributed by atoms with E-state index in [-0.39, 0.29) is 18.6 Å². The Bertz CT molecular complexity index is 986. The fourth-order valence-corrected chi connectivity index (χ4v) is 3.29. The summed E-state index contributed by atoms with van der Waals surface area (Å²) >= 11 is 1.58. The van der Waals surface area contributed by atoms with Crippen LogP contribution < -0.4 is 11.2 Å². The second kappa shape index (κ2) is 6.84. The molecule has 0 saturated heterocycles. The Hall–Kier alpha value is -2.67. The minimum Gasteiger partial charge on any atom is -0.468 e. The van der Waals surface area contributed by atoms with Crippen LogP contribution in [0.1, 0.15) is 4.88 Å². The van der Waals surface area contributed by atoms with Crippen LogP contribution in [0.3, 0.4) is 0 Å². The van der Waals surface area contributed by atoms with Crippen LogP contribution >= 0.6 is 11.3 Å². The smallest absolute Gasteiger partial charge is 0.332 e. The predicted octanol–water partition coefficient (Wildman–Crippen LogP) is 1.64. The van der Waals surface area contributed by atoms with Crippen LogP contribution in [-0.4, -0.2) is 22.2 Å². The topological polar surface area (TPSA) is 70.3 Å². The van der Waals surface area contributed by atoms with Crippen molar-refractivity contribution in [2.75, 3.05) is 7.11 Å². The number of hydrogen-bond donors (Lipinski definition) is 0. The van der Waals surface area contributed by atoms with E-state index in [4.69, 9.17) is 0 Å². The van der Waals surface area contributed by atoms with Gasteiger partial charge >= 0.3 is 11.7 Å². The van der Waals surface area contributed by atoms with E-state index in [1.165, 1.54) is 16.2 Å². The van der Waals surface area contributed by atoms with Gasteiger partial charge in [-0.1, -0.05) is 18.2 Å². The minimum atomic E-state index is -0.536. The van der Waals surface area contributed by atoms with Crippen molar-refractivity contribution in [2.24, 2.45) is 0 Å². The van der Waals surface area contributed by atoms with Gasteiger partial charge in [-0.05, 0) is 30.0 Å². The van der Waals surface area contributed by atoms with Gasteiger partial charge in [-0.25, -0.2) is 4.79 Å². The molecule has 0 amide bonds. The van der Waals surface area contributed by atoms with Crippen molar-refractivity contribution in [1.29, 1.82) is 0 Å². The van der Waals surface area contributed by atoms with Crippen LogP contribution in [0.4, 0.5) is 0 Å². The Morgan fingerprint density at radius 2 is 1.92 bits per heavy atom. The van der Waals surface area contributed by atoms with Crippen LogP contribution in [0.15, 0.2) is 51.4 Å². The van der Waals surface area contributed by atoms with Gasteiger partial charge in [0.1, 0.15) is 6.54 Å². The number of aromatic nitrogens is 2. The number of esters is 1. The molecule has 2 heterocycles. The summed E-state index contributed by atoms with van der Waals surface area (Å²) in [5.41, 5.74) is -0.404. The highest BCUT2D eigenvalue weighted by atomic mass is 32.1. The number of ether oxygens (including phenoxy) is 1. The molecule has 1 aromatic carbocycles. The van der Waals surface area contributed by atoms with E-state index in [0.29, 0.717) is 17.3 Å².